The number of benzene rings is 1. The average molecular weight is 444 g/mol. The quantitative estimate of drug-likeness (QED) is 0.751. The predicted molar refractivity (Wildman–Crippen MR) is 126 cm³/mol. The molecule has 4 rings (SSSR count). The lowest BCUT2D eigenvalue weighted by atomic mass is 9.91. The second kappa shape index (κ2) is 8.63. The maximum atomic E-state index is 12.9. The third kappa shape index (κ3) is 4.83. The largest absolute Gasteiger partial charge is 0.367 e. The van der Waals surface area contributed by atoms with E-state index in [2.05, 4.69) is 33.8 Å². The van der Waals surface area contributed by atoms with E-state index in [0.29, 0.717) is 18.1 Å². The zero-order chi connectivity index (χ0) is 21.3. The Morgan fingerprint density at radius 3 is 2.67 bits per heavy atom. The molecule has 1 N–H and O–H groups in total. The van der Waals surface area contributed by atoms with Crippen LogP contribution in [0.25, 0.3) is 0 Å². The molecule has 30 heavy (non-hydrogen) atoms. The fraction of sp³-hybridized carbons (Fsp3) is 0.478. The van der Waals surface area contributed by atoms with Crippen LogP contribution in [0.4, 0.5) is 11.4 Å². The number of nitrogens with one attached hydrogen (secondary N) is 1. The Morgan fingerprint density at radius 1 is 1.17 bits per heavy atom. The first-order chi connectivity index (χ1) is 14.3. The van der Waals surface area contributed by atoms with E-state index in [1.807, 2.05) is 44.2 Å². The van der Waals surface area contributed by atoms with Crippen LogP contribution in [0, 0.1) is 5.41 Å². The molecule has 2 aliphatic heterocycles. The molecule has 0 aliphatic carbocycles. The first kappa shape index (κ1) is 21.2. The molecule has 2 aromatic rings. The van der Waals surface area contributed by atoms with Gasteiger partial charge in [0.05, 0.1) is 5.88 Å². The van der Waals surface area contributed by atoms with Crippen molar-refractivity contribution in [1.82, 2.24) is 4.90 Å². The summed E-state index contributed by atoms with van der Waals surface area (Å²) >= 11 is 3.48. The second-order valence-corrected chi connectivity index (χ2v) is 11.2. The molecule has 2 amide bonds. The van der Waals surface area contributed by atoms with Gasteiger partial charge in [0.1, 0.15) is 6.04 Å². The van der Waals surface area contributed by atoms with Gasteiger partial charge in [0.15, 0.2) is 0 Å². The first-order valence-corrected chi connectivity index (χ1v) is 12.4. The molecule has 1 unspecified atom stereocenters. The highest BCUT2D eigenvalue weighted by Gasteiger charge is 2.35. The van der Waals surface area contributed by atoms with Crippen molar-refractivity contribution in [2.75, 3.05) is 28.4 Å². The Kier molecular flexibility index (Phi) is 6.11. The Hall–Kier alpha value is -1.99. The summed E-state index contributed by atoms with van der Waals surface area (Å²) in [5.41, 5.74) is 3.28. The van der Waals surface area contributed by atoms with E-state index in [9.17, 15) is 9.59 Å². The molecule has 0 spiro atoms. The number of rotatable bonds is 4. The van der Waals surface area contributed by atoms with Crippen molar-refractivity contribution in [3.8, 4) is 0 Å². The van der Waals surface area contributed by atoms with Gasteiger partial charge in [-0.15, -0.1) is 23.1 Å². The Balaban J connectivity index is 1.37. The van der Waals surface area contributed by atoms with Gasteiger partial charge in [-0.05, 0) is 53.1 Å². The molecule has 5 nitrogen and oxygen atoms in total. The zero-order valence-corrected chi connectivity index (χ0v) is 19.4. The van der Waals surface area contributed by atoms with Gasteiger partial charge < -0.3 is 15.1 Å². The van der Waals surface area contributed by atoms with E-state index >= 15 is 0 Å². The van der Waals surface area contributed by atoms with Crippen molar-refractivity contribution in [2.45, 2.75) is 46.2 Å². The minimum absolute atomic E-state index is 0.0564. The topological polar surface area (TPSA) is 52.7 Å². The molecule has 0 radical (unpaired) electrons. The molecule has 0 bridgehead atoms. The molecule has 1 aromatic heterocycles. The number of fused-ring (bicyclic) bond motifs is 1. The molecule has 1 saturated heterocycles. The number of thioether (sulfide) groups is 1. The van der Waals surface area contributed by atoms with Gasteiger partial charge in [0.25, 0.3) is 0 Å². The van der Waals surface area contributed by atoms with E-state index in [1.165, 1.54) is 16.1 Å². The summed E-state index contributed by atoms with van der Waals surface area (Å²) in [6.07, 6.45) is 1.54. The summed E-state index contributed by atoms with van der Waals surface area (Å²) in [6.45, 7) is 8.10. The summed E-state index contributed by atoms with van der Waals surface area (Å²) in [5.74, 6) is 1.19. The van der Waals surface area contributed by atoms with Crippen LogP contribution < -0.4 is 10.2 Å². The highest BCUT2D eigenvalue weighted by atomic mass is 32.2. The molecule has 160 valence electrons. The first-order valence-electron chi connectivity index (χ1n) is 10.4. The lowest BCUT2D eigenvalue weighted by Crippen LogP contribution is -2.45. The number of amides is 2. The number of anilines is 2. The summed E-state index contributed by atoms with van der Waals surface area (Å²) in [7, 11) is 0. The summed E-state index contributed by atoms with van der Waals surface area (Å²) in [5, 5.41) is 5.18. The predicted octanol–water partition coefficient (Wildman–Crippen LogP) is 4.59. The lowest BCUT2D eigenvalue weighted by Gasteiger charge is -2.29. The number of nitrogens with zero attached hydrogens (tertiary/aromatic N) is 2. The van der Waals surface area contributed by atoms with Gasteiger partial charge >= 0.3 is 0 Å². The molecular weight excluding hydrogens is 414 g/mol. The summed E-state index contributed by atoms with van der Waals surface area (Å²) in [6, 6.07) is 9.87. The average Bonchev–Trinajstić information content (AvgIpc) is 3.36. The monoisotopic (exact) mass is 443 g/mol. The van der Waals surface area contributed by atoms with Gasteiger partial charge in [0.2, 0.25) is 11.8 Å². The number of thiophene rings is 1. The molecule has 0 saturated carbocycles. The molecule has 1 aromatic carbocycles. The number of hydrogen-bond acceptors (Lipinski definition) is 5. The van der Waals surface area contributed by atoms with Crippen molar-refractivity contribution >= 4 is 46.3 Å². The van der Waals surface area contributed by atoms with Gasteiger partial charge in [-0.3, -0.25) is 9.59 Å². The van der Waals surface area contributed by atoms with E-state index in [1.54, 1.807) is 16.7 Å². The van der Waals surface area contributed by atoms with E-state index in [0.717, 1.165) is 25.2 Å². The molecule has 3 heterocycles. The van der Waals surface area contributed by atoms with Crippen LogP contribution in [0.1, 0.15) is 37.6 Å². The third-order valence-electron chi connectivity index (χ3n) is 5.49. The van der Waals surface area contributed by atoms with E-state index in [4.69, 9.17) is 0 Å². The van der Waals surface area contributed by atoms with Crippen LogP contribution in [0.3, 0.4) is 0 Å². The summed E-state index contributed by atoms with van der Waals surface area (Å²) < 4.78 is 0. The molecule has 1 fully saturated rings. The fourth-order valence-corrected chi connectivity index (χ4v) is 5.98. The van der Waals surface area contributed by atoms with Crippen molar-refractivity contribution in [3.05, 3.63) is 46.2 Å². The van der Waals surface area contributed by atoms with Crippen LogP contribution in [-0.2, 0) is 22.6 Å². The van der Waals surface area contributed by atoms with Crippen LogP contribution in [0.15, 0.2) is 35.7 Å². The fourth-order valence-electron chi connectivity index (χ4n) is 3.91. The second-order valence-electron chi connectivity index (χ2n) is 9.19. The molecule has 7 heteroatoms. The maximum Gasteiger partial charge on any atom is 0.248 e. The van der Waals surface area contributed by atoms with Crippen LogP contribution in [0.2, 0.25) is 0 Å². The van der Waals surface area contributed by atoms with Crippen LogP contribution in [-0.4, -0.2) is 40.9 Å². The van der Waals surface area contributed by atoms with Gasteiger partial charge in [-0.2, -0.15) is 0 Å². The van der Waals surface area contributed by atoms with Gasteiger partial charge in [-0.25, -0.2) is 0 Å². The normalized spacial score (nSPS) is 19.0. The van der Waals surface area contributed by atoms with Crippen molar-refractivity contribution in [1.29, 1.82) is 0 Å². The smallest absolute Gasteiger partial charge is 0.248 e. The Bertz CT molecular complexity index is 917. The maximum absolute atomic E-state index is 12.9. The zero-order valence-electron chi connectivity index (χ0n) is 17.8. The SMILES string of the molecule is CC(C)(C)CC(=O)N1CSCC1C(=O)Nc1ccc(N2CCc3sccc3C2)cc1. The van der Waals surface area contributed by atoms with Gasteiger partial charge in [-0.1, -0.05) is 20.8 Å². The van der Waals surface area contributed by atoms with E-state index < -0.39 is 6.04 Å². The molecular formula is C23H29N3O2S2. The Morgan fingerprint density at radius 2 is 1.93 bits per heavy atom. The Labute approximate surface area is 186 Å². The minimum Gasteiger partial charge on any atom is -0.367 e. The van der Waals surface area contributed by atoms with Crippen LogP contribution in [0.5, 0.6) is 0 Å². The van der Waals surface area contributed by atoms with Crippen LogP contribution >= 0.6 is 23.1 Å². The minimum atomic E-state index is -0.399. The van der Waals surface area contributed by atoms with Crippen molar-refractivity contribution in [3.63, 3.8) is 0 Å². The molecule has 2 aliphatic rings. The highest BCUT2D eigenvalue weighted by molar-refractivity contribution is 7.99. The lowest BCUT2D eigenvalue weighted by molar-refractivity contribution is -0.137. The number of carbonyl (C=O) groups is 2. The third-order valence-corrected chi connectivity index (χ3v) is 7.53. The molecule has 1 atom stereocenters. The number of carbonyl (C=O) groups excluding carboxylic acids is 2. The van der Waals surface area contributed by atoms with E-state index in [-0.39, 0.29) is 17.2 Å². The standard InChI is InChI=1S/C23H29N3O2S2/c1-23(2,3)12-21(27)26-15-29-14-19(26)22(28)24-17-4-6-18(7-5-17)25-10-8-20-16(13-25)9-11-30-20/h4-7,9,11,19H,8,10,12-15H2,1-3H3,(H,24,28). The number of hydrogen-bond donors (Lipinski definition) is 1. The van der Waals surface area contributed by atoms with Crippen molar-refractivity contribution < 1.29 is 9.59 Å². The van der Waals surface area contributed by atoms with Crippen molar-refractivity contribution in [2.24, 2.45) is 5.41 Å². The van der Waals surface area contributed by atoms with Gasteiger partial charge in [0, 0.05) is 41.5 Å². The summed E-state index contributed by atoms with van der Waals surface area (Å²) in [4.78, 5) is 31.1. The highest BCUT2D eigenvalue weighted by Crippen LogP contribution is 2.30.